The van der Waals surface area contributed by atoms with Crippen molar-refractivity contribution in [2.75, 3.05) is 18.1 Å². The van der Waals surface area contributed by atoms with Gasteiger partial charge in [-0.3, -0.25) is 4.79 Å². The van der Waals surface area contributed by atoms with Crippen LogP contribution in [0.2, 0.25) is 0 Å². The maximum absolute atomic E-state index is 12.7. The van der Waals surface area contributed by atoms with Crippen LogP contribution in [-0.2, 0) is 19.6 Å². The van der Waals surface area contributed by atoms with Crippen molar-refractivity contribution in [1.29, 1.82) is 0 Å². The van der Waals surface area contributed by atoms with E-state index in [1.807, 2.05) is 4.90 Å². The lowest BCUT2D eigenvalue weighted by Crippen LogP contribution is -2.37. The van der Waals surface area contributed by atoms with E-state index in [1.165, 1.54) is 22.8 Å². The maximum Gasteiger partial charge on any atom is 0.416 e. The summed E-state index contributed by atoms with van der Waals surface area (Å²) in [6.07, 6.45) is -3.83. The zero-order valence-electron chi connectivity index (χ0n) is 13.0. The summed E-state index contributed by atoms with van der Waals surface area (Å²) < 4.78 is 39.7. The number of aromatic nitrogens is 1. The summed E-state index contributed by atoms with van der Waals surface area (Å²) in [6.45, 7) is 0.423. The molecule has 0 fully saturated rings. The van der Waals surface area contributed by atoms with E-state index < -0.39 is 11.7 Å². The van der Waals surface area contributed by atoms with Crippen molar-refractivity contribution in [2.24, 2.45) is 13.0 Å². The smallest absolute Gasteiger partial charge is 0.396 e. The molecule has 128 valence electrons. The zero-order valence-corrected chi connectivity index (χ0v) is 13.0. The fraction of sp³-hybridized carbons (Fsp3) is 0.353. The predicted octanol–water partition coefficient (Wildman–Crippen LogP) is 2.71. The SMILES string of the molecule is Cn1c2c(ccc1=O)N(c1ccc(C(F)(F)F)cc1)CC(CO)C2. The van der Waals surface area contributed by atoms with Gasteiger partial charge in [0.25, 0.3) is 5.56 Å². The van der Waals surface area contributed by atoms with Crippen molar-refractivity contribution in [2.45, 2.75) is 12.6 Å². The standard InChI is InChI=1S/C17H17F3N2O2/c1-21-15-8-11(10-23)9-22(14(15)6-7-16(21)24)13-4-2-12(3-5-13)17(18,19)20/h2-7,11,23H,8-10H2,1H3. The second kappa shape index (κ2) is 5.98. The normalized spacial score (nSPS) is 17.7. The monoisotopic (exact) mass is 338 g/mol. The van der Waals surface area contributed by atoms with Crippen molar-refractivity contribution in [3.8, 4) is 0 Å². The minimum Gasteiger partial charge on any atom is -0.396 e. The first-order valence-electron chi connectivity index (χ1n) is 7.56. The summed E-state index contributed by atoms with van der Waals surface area (Å²) in [6, 6.07) is 8.03. The van der Waals surface area contributed by atoms with Gasteiger partial charge < -0.3 is 14.6 Å². The molecule has 7 heteroatoms. The van der Waals surface area contributed by atoms with Gasteiger partial charge in [0.15, 0.2) is 0 Å². The second-order valence-corrected chi connectivity index (χ2v) is 5.97. The lowest BCUT2D eigenvalue weighted by Gasteiger charge is -2.36. The van der Waals surface area contributed by atoms with Crippen LogP contribution in [0, 0.1) is 5.92 Å². The highest BCUT2D eigenvalue weighted by Gasteiger charge is 2.31. The average molecular weight is 338 g/mol. The molecule has 0 bridgehead atoms. The third-order valence-corrected chi connectivity index (χ3v) is 4.39. The topological polar surface area (TPSA) is 45.5 Å². The Kier molecular flexibility index (Phi) is 4.13. The van der Waals surface area contributed by atoms with Gasteiger partial charge in [0.05, 0.1) is 11.3 Å². The second-order valence-electron chi connectivity index (χ2n) is 5.97. The maximum atomic E-state index is 12.7. The van der Waals surface area contributed by atoms with Gasteiger partial charge in [-0.25, -0.2) is 0 Å². The van der Waals surface area contributed by atoms with E-state index in [9.17, 15) is 23.1 Å². The molecule has 4 nitrogen and oxygen atoms in total. The van der Waals surface area contributed by atoms with Crippen LogP contribution in [0.15, 0.2) is 41.2 Å². The first-order chi connectivity index (χ1) is 11.3. The number of hydrogen-bond donors (Lipinski definition) is 1. The molecule has 3 rings (SSSR count). The summed E-state index contributed by atoms with van der Waals surface area (Å²) in [7, 11) is 1.66. The lowest BCUT2D eigenvalue weighted by atomic mass is 9.95. The Morgan fingerprint density at radius 3 is 2.42 bits per heavy atom. The first kappa shape index (κ1) is 16.6. The molecule has 2 heterocycles. The van der Waals surface area contributed by atoms with E-state index in [0.717, 1.165) is 23.5 Å². The van der Waals surface area contributed by atoms with Gasteiger partial charge in [0, 0.05) is 43.6 Å². The molecule has 1 aromatic carbocycles. The van der Waals surface area contributed by atoms with Gasteiger partial charge in [0.1, 0.15) is 0 Å². The molecule has 1 aliphatic heterocycles. The quantitative estimate of drug-likeness (QED) is 0.916. The molecule has 0 aliphatic carbocycles. The Balaban J connectivity index is 2.05. The molecule has 2 aromatic rings. The number of anilines is 2. The Hall–Kier alpha value is -2.28. The van der Waals surface area contributed by atoms with E-state index >= 15 is 0 Å². The first-order valence-corrected chi connectivity index (χ1v) is 7.56. The highest BCUT2D eigenvalue weighted by molar-refractivity contribution is 5.67. The van der Waals surface area contributed by atoms with Gasteiger partial charge >= 0.3 is 6.18 Å². The number of hydrogen-bond acceptors (Lipinski definition) is 3. The Labute approximate surface area is 136 Å². The number of fused-ring (bicyclic) bond motifs is 1. The molecular formula is C17H17F3N2O2. The summed E-state index contributed by atoms with van der Waals surface area (Å²) in [5.74, 6) is -0.0900. The Morgan fingerprint density at radius 1 is 1.17 bits per heavy atom. The highest BCUT2D eigenvalue weighted by Crippen LogP contribution is 2.36. The summed E-state index contributed by atoms with van der Waals surface area (Å²) >= 11 is 0. The van der Waals surface area contributed by atoms with Crippen LogP contribution in [0.25, 0.3) is 0 Å². The van der Waals surface area contributed by atoms with E-state index in [1.54, 1.807) is 13.1 Å². The fourth-order valence-corrected chi connectivity index (χ4v) is 3.04. The van der Waals surface area contributed by atoms with Gasteiger partial charge in [0.2, 0.25) is 0 Å². The van der Waals surface area contributed by atoms with Crippen LogP contribution in [0.4, 0.5) is 24.5 Å². The molecule has 0 spiro atoms. The largest absolute Gasteiger partial charge is 0.416 e. The van der Waals surface area contributed by atoms with Crippen LogP contribution >= 0.6 is 0 Å². The van der Waals surface area contributed by atoms with Gasteiger partial charge in [-0.1, -0.05) is 0 Å². The number of alkyl halides is 3. The number of aliphatic hydroxyl groups excluding tert-OH is 1. The van der Waals surface area contributed by atoms with Crippen molar-refractivity contribution >= 4 is 11.4 Å². The number of halogens is 3. The number of aliphatic hydroxyl groups is 1. The van der Waals surface area contributed by atoms with Crippen LogP contribution < -0.4 is 10.5 Å². The molecule has 1 unspecified atom stereocenters. The number of rotatable bonds is 2. The zero-order chi connectivity index (χ0) is 17.5. The third kappa shape index (κ3) is 2.91. The van der Waals surface area contributed by atoms with Crippen LogP contribution in [-0.4, -0.2) is 22.8 Å². The minimum absolute atomic E-state index is 0.0559. The number of nitrogens with zero attached hydrogens (tertiary/aromatic N) is 2. The lowest BCUT2D eigenvalue weighted by molar-refractivity contribution is -0.137. The predicted molar refractivity (Wildman–Crippen MR) is 84.4 cm³/mol. The highest BCUT2D eigenvalue weighted by atomic mass is 19.4. The van der Waals surface area contributed by atoms with Gasteiger partial charge in [-0.05, 0) is 36.8 Å². The van der Waals surface area contributed by atoms with Crippen molar-refractivity contribution in [3.05, 3.63) is 58.0 Å². The minimum atomic E-state index is -4.38. The van der Waals surface area contributed by atoms with Gasteiger partial charge in [-0.2, -0.15) is 13.2 Å². The molecule has 1 atom stereocenters. The van der Waals surface area contributed by atoms with E-state index in [-0.39, 0.29) is 18.1 Å². The summed E-state index contributed by atoms with van der Waals surface area (Å²) in [4.78, 5) is 13.7. The van der Waals surface area contributed by atoms with Crippen molar-refractivity contribution in [1.82, 2.24) is 4.57 Å². The Morgan fingerprint density at radius 2 is 1.83 bits per heavy atom. The molecule has 0 amide bonds. The van der Waals surface area contributed by atoms with E-state index in [0.29, 0.717) is 18.7 Å². The van der Waals surface area contributed by atoms with Gasteiger partial charge in [-0.15, -0.1) is 0 Å². The molecule has 1 aliphatic rings. The fourth-order valence-electron chi connectivity index (χ4n) is 3.04. The molecular weight excluding hydrogens is 321 g/mol. The van der Waals surface area contributed by atoms with E-state index in [4.69, 9.17) is 0 Å². The molecule has 0 saturated carbocycles. The molecule has 1 aromatic heterocycles. The average Bonchev–Trinajstić information content (AvgIpc) is 2.56. The van der Waals surface area contributed by atoms with Crippen molar-refractivity contribution < 1.29 is 18.3 Å². The molecule has 0 radical (unpaired) electrons. The van der Waals surface area contributed by atoms with Crippen LogP contribution in [0.5, 0.6) is 0 Å². The number of pyridine rings is 1. The Bertz CT molecular complexity index is 797. The molecule has 0 saturated heterocycles. The molecule has 24 heavy (non-hydrogen) atoms. The van der Waals surface area contributed by atoms with Crippen LogP contribution in [0.3, 0.4) is 0 Å². The summed E-state index contributed by atoms with van der Waals surface area (Å²) in [5, 5.41) is 9.53. The van der Waals surface area contributed by atoms with E-state index in [2.05, 4.69) is 0 Å². The number of benzene rings is 1. The third-order valence-electron chi connectivity index (χ3n) is 4.39. The van der Waals surface area contributed by atoms with Crippen LogP contribution in [0.1, 0.15) is 11.3 Å². The molecule has 1 N–H and O–H groups in total. The van der Waals surface area contributed by atoms with Crippen molar-refractivity contribution in [3.63, 3.8) is 0 Å². The summed E-state index contributed by atoms with van der Waals surface area (Å²) in [5.41, 5.74) is 1.29.